The normalized spacial score (nSPS) is 17.7. The number of carboxylic acid groups (broad SMARTS) is 1. The first kappa shape index (κ1) is 12.3. The molecule has 5 heteroatoms. The number of amides is 1. The highest BCUT2D eigenvalue weighted by molar-refractivity contribution is 5.64. The van der Waals surface area contributed by atoms with E-state index in [2.05, 4.69) is 4.90 Å². The van der Waals surface area contributed by atoms with Gasteiger partial charge in [0.25, 0.3) is 0 Å². The summed E-state index contributed by atoms with van der Waals surface area (Å²) in [5.74, 6) is 0. The Kier molecular flexibility index (Phi) is 5.42. The van der Waals surface area contributed by atoms with Gasteiger partial charge in [-0.1, -0.05) is 0 Å². The van der Waals surface area contributed by atoms with E-state index in [9.17, 15) is 4.79 Å². The summed E-state index contributed by atoms with van der Waals surface area (Å²) in [4.78, 5) is 14.5. The van der Waals surface area contributed by atoms with Crippen molar-refractivity contribution in [1.82, 2.24) is 9.80 Å². The van der Waals surface area contributed by atoms with Crippen LogP contribution in [0, 0.1) is 0 Å². The van der Waals surface area contributed by atoms with Crippen LogP contribution in [0.3, 0.4) is 0 Å². The maximum absolute atomic E-state index is 10.7. The fraction of sp³-hybridized carbons (Fsp3) is 0.900. The van der Waals surface area contributed by atoms with Crippen molar-refractivity contribution < 1.29 is 14.6 Å². The van der Waals surface area contributed by atoms with E-state index in [1.807, 2.05) is 6.92 Å². The van der Waals surface area contributed by atoms with Crippen molar-refractivity contribution in [2.75, 3.05) is 45.9 Å². The second kappa shape index (κ2) is 6.63. The molecule has 1 N–H and O–H groups in total. The summed E-state index contributed by atoms with van der Waals surface area (Å²) in [5, 5.41) is 8.80. The Hall–Kier alpha value is -0.810. The Labute approximate surface area is 90.6 Å². The van der Waals surface area contributed by atoms with E-state index in [1.165, 1.54) is 4.90 Å². The number of ether oxygens (including phenoxy) is 1. The summed E-state index contributed by atoms with van der Waals surface area (Å²) in [6, 6.07) is 0. The van der Waals surface area contributed by atoms with E-state index in [-0.39, 0.29) is 0 Å². The predicted octanol–water partition coefficient (Wildman–Crippen LogP) is 0.709. The van der Waals surface area contributed by atoms with E-state index in [0.717, 1.165) is 39.3 Å². The summed E-state index contributed by atoms with van der Waals surface area (Å²) in [7, 11) is 0. The first-order chi connectivity index (χ1) is 7.24. The van der Waals surface area contributed by atoms with Crippen molar-refractivity contribution in [3.8, 4) is 0 Å². The van der Waals surface area contributed by atoms with Crippen molar-refractivity contribution in [2.45, 2.75) is 13.3 Å². The fourth-order valence-electron chi connectivity index (χ4n) is 1.70. The van der Waals surface area contributed by atoms with Gasteiger partial charge in [0.2, 0.25) is 0 Å². The zero-order valence-corrected chi connectivity index (χ0v) is 9.31. The van der Waals surface area contributed by atoms with E-state index < -0.39 is 6.09 Å². The average Bonchev–Trinajstić information content (AvgIpc) is 2.25. The van der Waals surface area contributed by atoms with Gasteiger partial charge in [-0.3, -0.25) is 4.90 Å². The molecule has 1 heterocycles. The van der Waals surface area contributed by atoms with Crippen molar-refractivity contribution in [3.63, 3.8) is 0 Å². The van der Waals surface area contributed by atoms with Gasteiger partial charge in [0.1, 0.15) is 0 Å². The Balaban J connectivity index is 2.11. The number of carbonyl (C=O) groups is 1. The van der Waals surface area contributed by atoms with Gasteiger partial charge in [0, 0.05) is 32.7 Å². The van der Waals surface area contributed by atoms with Crippen LogP contribution in [0.25, 0.3) is 0 Å². The van der Waals surface area contributed by atoms with Gasteiger partial charge >= 0.3 is 6.09 Å². The highest BCUT2D eigenvalue weighted by atomic mass is 16.5. The highest BCUT2D eigenvalue weighted by Crippen LogP contribution is 1.99. The average molecular weight is 216 g/mol. The van der Waals surface area contributed by atoms with Crippen LogP contribution >= 0.6 is 0 Å². The Morgan fingerprint density at radius 3 is 2.67 bits per heavy atom. The quantitative estimate of drug-likeness (QED) is 0.735. The van der Waals surface area contributed by atoms with Crippen LogP contribution in [0.5, 0.6) is 0 Å². The molecule has 1 rings (SSSR count). The van der Waals surface area contributed by atoms with Crippen molar-refractivity contribution in [2.24, 2.45) is 0 Å². The smallest absolute Gasteiger partial charge is 0.407 e. The van der Waals surface area contributed by atoms with Gasteiger partial charge in [-0.2, -0.15) is 0 Å². The molecule has 15 heavy (non-hydrogen) atoms. The molecule has 0 spiro atoms. The summed E-state index contributed by atoms with van der Waals surface area (Å²) >= 11 is 0. The maximum Gasteiger partial charge on any atom is 0.407 e. The summed E-state index contributed by atoms with van der Waals surface area (Å²) in [6.45, 7) is 7.57. The van der Waals surface area contributed by atoms with Gasteiger partial charge in [0.15, 0.2) is 0 Å². The van der Waals surface area contributed by atoms with Crippen LogP contribution in [0.15, 0.2) is 0 Å². The molecule has 0 atom stereocenters. The minimum atomic E-state index is -0.820. The lowest BCUT2D eigenvalue weighted by molar-refractivity contribution is 0.0362. The highest BCUT2D eigenvalue weighted by Gasteiger charge is 2.12. The van der Waals surface area contributed by atoms with E-state index in [4.69, 9.17) is 9.84 Å². The summed E-state index contributed by atoms with van der Waals surface area (Å²) in [5.41, 5.74) is 0. The first-order valence-corrected chi connectivity index (χ1v) is 5.52. The zero-order valence-electron chi connectivity index (χ0n) is 9.31. The molecule has 0 aliphatic carbocycles. The fourth-order valence-corrected chi connectivity index (χ4v) is 1.70. The lowest BCUT2D eigenvalue weighted by Crippen LogP contribution is -2.38. The van der Waals surface area contributed by atoms with Gasteiger partial charge in [-0.25, -0.2) is 4.79 Å². The third kappa shape index (κ3) is 4.48. The third-order valence-corrected chi connectivity index (χ3v) is 2.66. The lowest BCUT2D eigenvalue weighted by Gasteiger charge is -2.27. The standard InChI is InChI=1S/C10H20N2O3/c1-2-12(10(13)14)5-3-4-11-6-8-15-9-7-11/h2-9H2,1H3,(H,13,14). The van der Waals surface area contributed by atoms with Crippen LogP contribution in [0.4, 0.5) is 4.79 Å². The molecule has 1 aliphatic heterocycles. The second-order valence-electron chi connectivity index (χ2n) is 3.67. The Morgan fingerprint density at radius 1 is 1.47 bits per heavy atom. The lowest BCUT2D eigenvalue weighted by atomic mass is 10.3. The molecule has 0 radical (unpaired) electrons. The third-order valence-electron chi connectivity index (χ3n) is 2.66. The molecule has 0 aromatic heterocycles. The summed E-state index contributed by atoms with van der Waals surface area (Å²) < 4.78 is 5.24. The maximum atomic E-state index is 10.7. The largest absolute Gasteiger partial charge is 0.465 e. The van der Waals surface area contributed by atoms with Crippen LogP contribution < -0.4 is 0 Å². The Morgan fingerprint density at radius 2 is 2.13 bits per heavy atom. The molecular formula is C10H20N2O3. The number of nitrogens with zero attached hydrogens (tertiary/aromatic N) is 2. The monoisotopic (exact) mass is 216 g/mol. The molecular weight excluding hydrogens is 196 g/mol. The molecule has 0 aromatic rings. The van der Waals surface area contributed by atoms with Gasteiger partial charge in [0.05, 0.1) is 13.2 Å². The van der Waals surface area contributed by atoms with E-state index >= 15 is 0 Å². The minimum absolute atomic E-state index is 0.568. The molecule has 1 aliphatic rings. The van der Waals surface area contributed by atoms with Crippen LogP contribution in [-0.2, 0) is 4.74 Å². The predicted molar refractivity (Wildman–Crippen MR) is 57.1 cm³/mol. The van der Waals surface area contributed by atoms with Gasteiger partial charge < -0.3 is 14.7 Å². The molecule has 0 aromatic carbocycles. The van der Waals surface area contributed by atoms with Crippen molar-refractivity contribution >= 4 is 6.09 Å². The van der Waals surface area contributed by atoms with E-state index in [1.54, 1.807) is 0 Å². The van der Waals surface area contributed by atoms with Crippen LogP contribution in [0.1, 0.15) is 13.3 Å². The number of morpholine rings is 1. The van der Waals surface area contributed by atoms with Crippen molar-refractivity contribution in [1.29, 1.82) is 0 Å². The number of hydrogen-bond acceptors (Lipinski definition) is 3. The molecule has 88 valence electrons. The Bertz CT molecular complexity index is 193. The zero-order chi connectivity index (χ0) is 11.1. The number of rotatable bonds is 5. The van der Waals surface area contributed by atoms with Crippen molar-refractivity contribution in [3.05, 3.63) is 0 Å². The molecule has 0 bridgehead atoms. The molecule has 1 saturated heterocycles. The first-order valence-electron chi connectivity index (χ1n) is 5.52. The SMILES string of the molecule is CCN(CCCN1CCOCC1)C(=O)O. The van der Waals surface area contributed by atoms with Gasteiger partial charge in [-0.15, -0.1) is 0 Å². The molecule has 1 fully saturated rings. The molecule has 5 nitrogen and oxygen atoms in total. The van der Waals surface area contributed by atoms with E-state index in [0.29, 0.717) is 13.1 Å². The minimum Gasteiger partial charge on any atom is -0.465 e. The number of hydrogen-bond donors (Lipinski definition) is 1. The second-order valence-corrected chi connectivity index (χ2v) is 3.67. The van der Waals surface area contributed by atoms with Crippen LogP contribution in [-0.4, -0.2) is 66.9 Å². The van der Waals surface area contributed by atoms with Crippen LogP contribution in [0.2, 0.25) is 0 Å². The molecule has 1 amide bonds. The summed E-state index contributed by atoms with van der Waals surface area (Å²) in [6.07, 6.45) is 0.0830. The van der Waals surface area contributed by atoms with Gasteiger partial charge in [-0.05, 0) is 13.3 Å². The topological polar surface area (TPSA) is 53.0 Å². The molecule has 0 saturated carbocycles. The molecule has 0 unspecified atom stereocenters.